The van der Waals surface area contributed by atoms with Gasteiger partial charge in [-0.3, -0.25) is 14.9 Å². The van der Waals surface area contributed by atoms with Gasteiger partial charge in [-0.05, 0) is 55.5 Å². The lowest BCUT2D eigenvalue weighted by Crippen LogP contribution is -2.08. The molecule has 29 heavy (non-hydrogen) atoms. The number of non-ortho nitro benzene ring substituents is 1. The smallest absolute Gasteiger partial charge is 0.343 e. The summed E-state index contributed by atoms with van der Waals surface area (Å²) in [7, 11) is 0. The molecular formula is C21H14ClNO6. The fourth-order valence-corrected chi connectivity index (χ4v) is 2.64. The molecule has 146 valence electrons. The van der Waals surface area contributed by atoms with Crippen LogP contribution < -0.4 is 9.47 Å². The number of benzene rings is 3. The Hall–Kier alpha value is -3.71. The second-order valence-corrected chi connectivity index (χ2v) is 6.38. The average Bonchev–Trinajstić information content (AvgIpc) is 2.70. The number of Topliss-reactive ketones (excluding diaryl/α,β-unsaturated/α-hetero) is 1. The van der Waals surface area contributed by atoms with E-state index in [9.17, 15) is 19.7 Å². The Balaban J connectivity index is 1.74. The Labute approximate surface area is 170 Å². The number of hydrogen-bond donors (Lipinski definition) is 0. The Morgan fingerprint density at radius 2 is 1.66 bits per heavy atom. The second kappa shape index (κ2) is 8.53. The van der Waals surface area contributed by atoms with Crippen molar-refractivity contribution in [1.82, 2.24) is 0 Å². The molecule has 0 fully saturated rings. The number of halogens is 1. The molecule has 0 saturated heterocycles. The fraction of sp³-hybridized carbons (Fsp3) is 0.0476. The molecule has 0 radical (unpaired) electrons. The van der Waals surface area contributed by atoms with Crippen molar-refractivity contribution in [3.8, 4) is 17.2 Å². The number of nitro benzene ring substituents is 1. The molecule has 3 aromatic carbocycles. The van der Waals surface area contributed by atoms with Crippen LogP contribution in [0.3, 0.4) is 0 Å². The summed E-state index contributed by atoms with van der Waals surface area (Å²) in [6, 6.07) is 16.3. The third-order valence-electron chi connectivity index (χ3n) is 3.90. The number of carbonyl (C=O) groups is 2. The maximum absolute atomic E-state index is 12.4. The van der Waals surface area contributed by atoms with Crippen LogP contribution in [0.4, 0.5) is 5.69 Å². The van der Waals surface area contributed by atoms with Crippen molar-refractivity contribution < 1.29 is 24.0 Å². The molecule has 0 amide bonds. The zero-order valence-electron chi connectivity index (χ0n) is 15.1. The van der Waals surface area contributed by atoms with Crippen molar-refractivity contribution in [3.63, 3.8) is 0 Å². The minimum absolute atomic E-state index is 0.0674. The first-order valence-electron chi connectivity index (χ1n) is 8.38. The molecule has 7 nitrogen and oxygen atoms in total. The standard InChI is InChI=1S/C21H14ClNO6/c1-13(24)14-5-8-17(9-6-14)29-21(25)15-3-2-4-18(11-15)28-20-10-7-16(23(26)27)12-19(20)22/h2-12H,1H3. The van der Waals surface area contributed by atoms with E-state index in [-0.39, 0.29) is 27.8 Å². The predicted octanol–water partition coefficient (Wildman–Crippen LogP) is 5.46. The number of ketones is 1. The lowest BCUT2D eigenvalue weighted by Gasteiger charge is -2.09. The number of hydrogen-bond acceptors (Lipinski definition) is 6. The van der Waals surface area contributed by atoms with Gasteiger partial charge in [0.15, 0.2) is 5.78 Å². The molecule has 8 heteroatoms. The van der Waals surface area contributed by atoms with Crippen molar-refractivity contribution in [2.45, 2.75) is 6.92 Å². The largest absolute Gasteiger partial charge is 0.456 e. The van der Waals surface area contributed by atoms with Gasteiger partial charge < -0.3 is 9.47 Å². The summed E-state index contributed by atoms with van der Waals surface area (Å²) >= 11 is 6.02. The van der Waals surface area contributed by atoms with Gasteiger partial charge in [0.2, 0.25) is 0 Å². The van der Waals surface area contributed by atoms with Gasteiger partial charge in [-0.2, -0.15) is 0 Å². The van der Waals surface area contributed by atoms with Gasteiger partial charge >= 0.3 is 5.97 Å². The minimum Gasteiger partial charge on any atom is -0.456 e. The monoisotopic (exact) mass is 411 g/mol. The SMILES string of the molecule is CC(=O)c1ccc(OC(=O)c2cccc(Oc3ccc([N+](=O)[O-])cc3Cl)c2)cc1. The summed E-state index contributed by atoms with van der Waals surface area (Å²) in [6.45, 7) is 1.45. The van der Waals surface area contributed by atoms with E-state index in [4.69, 9.17) is 21.1 Å². The fourth-order valence-electron chi connectivity index (χ4n) is 2.42. The average molecular weight is 412 g/mol. The zero-order valence-corrected chi connectivity index (χ0v) is 15.9. The molecule has 3 aromatic rings. The number of nitro groups is 1. The maximum Gasteiger partial charge on any atom is 0.343 e. The number of carbonyl (C=O) groups excluding carboxylic acids is 2. The molecule has 0 spiro atoms. The molecule has 0 heterocycles. The van der Waals surface area contributed by atoms with Crippen molar-refractivity contribution >= 4 is 29.0 Å². The molecule has 3 rings (SSSR count). The van der Waals surface area contributed by atoms with Crippen LogP contribution in [0.15, 0.2) is 66.7 Å². The van der Waals surface area contributed by atoms with E-state index in [1.165, 1.54) is 43.3 Å². The van der Waals surface area contributed by atoms with Crippen molar-refractivity contribution in [2.75, 3.05) is 0 Å². The highest BCUT2D eigenvalue weighted by atomic mass is 35.5. The molecule has 0 saturated carbocycles. The summed E-state index contributed by atoms with van der Waals surface area (Å²) in [4.78, 5) is 33.9. The Morgan fingerprint density at radius 3 is 2.28 bits per heavy atom. The predicted molar refractivity (Wildman–Crippen MR) is 106 cm³/mol. The Bertz CT molecular complexity index is 1090. The lowest BCUT2D eigenvalue weighted by atomic mass is 10.1. The van der Waals surface area contributed by atoms with E-state index in [0.29, 0.717) is 17.1 Å². The molecule has 0 unspecified atom stereocenters. The number of ether oxygens (including phenoxy) is 2. The molecule has 0 aliphatic heterocycles. The zero-order chi connectivity index (χ0) is 21.0. The summed E-state index contributed by atoms with van der Waals surface area (Å²) in [5.74, 6) is 0.118. The topological polar surface area (TPSA) is 95.7 Å². The summed E-state index contributed by atoms with van der Waals surface area (Å²) in [5, 5.41) is 10.8. The Morgan fingerprint density at radius 1 is 0.931 bits per heavy atom. The third-order valence-corrected chi connectivity index (χ3v) is 4.19. The van der Waals surface area contributed by atoms with Crippen LogP contribution in [0.25, 0.3) is 0 Å². The molecule has 0 aliphatic carbocycles. The van der Waals surface area contributed by atoms with Crippen molar-refractivity contribution in [3.05, 3.63) is 93.0 Å². The molecule has 0 atom stereocenters. The van der Waals surface area contributed by atoms with E-state index in [2.05, 4.69) is 0 Å². The van der Waals surface area contributed by atoms with E-state index in [1.807, 2.05) is 0 Å². The van der Waals surface area contributed by atoms with Crippen LogP contribution in [0.2, 0.25) is 5.02 Å². The van der Waals surface area contributed by atoms with Crippen LogP contribution in [-0.2, 0) is 0 Å². The first-order chi connectivity index (χ1) is 13.8. The number of nitrogens with zero attached hydrogens (tertiary/aromatic N) is 1. The van der Waals surface area contributed by atoms with Crippen LogP contribution in [-0.4, -0.2) is 16.7 Å². The van der Waals surface area contributed by atoms with Crippen LogP contribution in [0.5, 0.6) is 17.2 Å². The van der Waals surface area contributed by atoms with Gasteiger partial charge in [0, 0.05) is 17.7 Å². The molecule has 0 aliphatic rings. The summed E-state index contributed by atoms with van der Waals surface area (Å²) in [6.07, 6.45) is 0. The van der Waals surface area contributed by atoms with E-state index in [1.54, 1.807) is 30.3 Å². The maximum atomic E-state index is 12.4. The molecule has 0 aromatic heterocycles. The van der Waals surface area contributed by atoms with Gasteiger partial charge in [-0.25, -0.2) is 4.79 Å². The van der Waals surface area contributed by atoms with Gasteiger partial charge in [0.25, 0.3) is 5.69 Å². The highest BCUT2D eigenvalue weighted by Gasteiger charge is 2.13. The van der Waals surface area contributed by atoms with E-state index < -0.39 is 10.9 Å². The van der Waals surface area contributed by atoms with E-state index in [0.717, 1.165) is 0 Å². The molecular weight excluding hydrogens is 398 g/mol. The summed E-state index contributed by atoms with van der Waals surface area (Å²) < 4.78 is 10.9. The van der Waals surface area contributed by atoms with Gasteiger partial charge in [-0.1, -0.05) is 17.7 Å². The quantitative estimate of drug-likeness (QED) is 0.175. The highest BCUT2D eigenvalue weighted by molar-refractivity contribution is 6.32. The van der Waals surface area contributed by atoms with Crippen molar-refractivity contribution in [1.29, 1.82) is 0 Å². The number of esters is 1. The minimum atomic E-state index is -0.610. The third kappa shape index (κ3) is 4.97. The molecule has 0 N–H and O–H groups in total. The molecule has 0 bridgehead atoms. The highest BCUT2D eigenvalue weighted by Crippen LogP contribution is 2.32. The second-order valence-electron chi connectivity index (χ2n) is 5.97. The van der Waals surface area contributed by atoms with Crippen LogP contribution >= 0.6 is 11.6 Å². The van der Waals surface area contributed by atoms with E-state index >= 15 is 0 Å². The lowest BCUT2D eigenvalue weighted by molar-refractivity contribution is -0.384. The van der Waals surface area contributed by atoms with Gasteiger partial charge in [-0.15, -0.1) is 0 Å². The number of rotatable bonds is 6. The Kier molecular flexibility index (Phi) is 5.90. The normalized spacial score (nSPS) is 10.3. The van der Waals surface area contributed by atoms with Crippen LogP contribution in [0.1, 0.15) is 27.6 Å². The first-order valence-corrected chi connectivity index (χ1v) is 8.76. The summed E-state index contributed by atoms with van der Waals surface area (Å²) in [5.41, 5.74) is 0.590. The first kappa shape index (κ1) is 20.0. The van der Waals surface area contributed by atoms with Crippen LogP contribution in [0, 0.1) is 10.1 Å². The van der Waals surface area contributed by atoms with Gasteiger partial charge in [0.05, 0.1) is 15.5 Å². The van der Waals surface area contributed by atoms with Crippen molar-refractivity contribution in [2.24, 2.45) is 0 Å². The van der Waals surface area contributed by atoms with Gasteiger partial charge in [0.1, 0.15) is 17.2 Å².